The van der Waals surface area contributed by atoms with Crippen molar-refractivity contribution in [3.8, 4) is 5.82 Å². The standard InChI is InChI=1S/C13H18N6/c1-3-11-17-12(4-2)19(18-11)13-9-7-14-6-5-10(9)15-8-16-13/h8,14H,3-7H2,1-2H3. The molecule has 0 aromatic carbocycles. The van der Waals surface area contributed by atoms with Gasteiger partial charge in [-0.25, -0.2) is 15.0 Å². The van der Waals surface area contributed by atoms with Crippen molar-refractivity contribution < 1.29 is 0 Å². The van der Waals surface area contributed by atoms with E-state index in [1.54, 1.807) is 6.33 Å². The van der Waals surface area contributed by atoms with E-state index in [1.165, 1.54) is 0 Å². The number of aryl methyl sites for hydroxylation is 2. The molecule has 0 atom stereocenters. The van der Waals surface area contributed by atoms with Crippen LogP contribution in [0, 0.1) is 0 Å². The third-order valence-corrected chi connectivity index (χ3v) is 3.40. The first kappa shape index (κ1) is 12.2. The molecule has 1 aliphatic rings. The molecule has 1 aliphatic heterocycles. The second kappa shape index (κ2) is 5.05. The lowest BCUT2D eigenvalue weighted by molar-refractivity contribution is 0.612. The van der Waals surface area contributed by atoms with Crippen LogP contribution < -0.4 is 5.32 Å². The van der Waals surface area contributed by atoms with Crippen LogP contribution in [0.2, 0.25) is 0 Å². The number of nitrogens with one attached hydrogen (secondary N) is 1. The van der Waals surface area contributed by atoms with Crippen LogP contribution in [0.4, 0.5) is 0 Å². The highest BCUT2D eigenvalue weighted by Crippen LogP contribution is 2.19. The third kappa shape index (κ3) is 2.12. The van der Waals surface area contributed by atoms with Crippen LogP contribution >= 0.6 is 0 Å². The van der Waals surface area contributed by atoms with E-state index in [2.05, 4.69) is 39.2 Å². The van der Waals surface area contributed by atoms with Crippen LogP contribution in [-0.2, 0) is 25.8 Å². The van der Waals surface area contributed by atoms with E-state index in [9.17, 15) is 0 Å². The van der Waals surface area contributed by atoms with Crippen LogP contribution in [0.15, 0.2) is 6.33 Å². The van der Waals surface area contributed by atoms with Crippen molar-refractivity contribution in [2.24, 2.45) is 0 Å². The first-order valence-electron chi connectivity index (χ1n) is 6.82. The summed E-state index contributed by atoms with van der Waals surface area (Å²) < 4.78 is 1.88. The Morgan fingerprint density at radius 2 is 2.16 bits per heavy atom. The first-order chi connectivity index (χ1) is 9.33. The summed E-state index contributed by atoms with van der Waals surface area (Å²) in [6.45, 7) is 5.93. The van der Waals surface area contributed by atoms with E-state index in [4.69, 9.17) is 0 Å². The van der Waals surface area contributed by atoms with E-state index in [0.717, 1.165) is 61.1 Å². The third-order valence-electron chi connectivity index (χ3n) is 3.40. The minimum absolute atomic E-state index is 0.802. The molecule has 0 fully saturated rings. The monoisotopic (exact) mass is 258 g/mol. The fourth-order valence-corrected chi connectivity index (χ4v) is 2.38. The number of hydrogen-bond donors (Lipinski definition) is 1. The molecule has 3 rings (SSSR count). The summed E-state index contributed by atoms with van der Waals surface area (Å²) in [5, 5.41) is 7.93. The Morgan fingerprint density at radius 1 is 1.26 bits per heavy atom. The number of aromatic nitrogens is 5. The lowest BCUT2D eigenvalue weighted by Gasteiger charge is -2.18. The molecule has 3 heterocycles. The van der Waals surface area contributed by atoms with Gasteiger partial charge in [-0.2, -0.15) is 4.68 Å². The largest absolute Gasteiger partial charge is 0.312 e. The van der Waals surface area contributed by atoms with Gasteiger partial charge < -0.3 is 5.32 Å². The SMILES string of the molecule is CCc1nc(CC)n(-c2ncnc3c2CNCC3)n1. The van der Waals surface area contributed by atoms with Crippen LogP contribution in [0.3, 0.4) is 0 Å². The first-order valence-corrected chi connectivity index (χ1v) is 6.82. The lowest BCUT2D eigenvalue weighted by Crippen LogP contribution is -2.27. The zero-order chi connectivity index (χ0) is 13.2. The number of fused-ring (bicyclic) bond motifs is 1. The van der Waals surface area contributed by atoms with Crippen molar-refractivity contribution in [1.82, 2.24) is 30.0 Å². The van der Waals surface area contributed by atoms with Crippen LogP contribution in [-0.4, -0.2) is 31.3 Å². The van der Waals surface area contributed by atoms with Crippen LogP contribution in [0.5, 0.6) is 0 Å². The zero-order valence-electron chi connectivity index (χ0n) is 11.3. The summed E-state index contributed by atoms with van der Waals surface area (Å²) in [7, 11) is 0. The Bertz CT molecular complexity index is 589. The molecule has 6 nitrogen and oxygen atoms in total. The minimum Gasteiger partial charge on any atom is -0.312 e. The maximum absolute atomic E-state index is 4.57. The van der Waals surface area contributed by atoms with Crippen molar-refractivity contribution in [3.05, 3.63) is 29.2 Å². The average molecular weight is 258 g/mol. The Hall–Kier alpha value is -1.82. The van der Waals surface area contributed by atoms with Gasteiger partial charge in [0.05, 0.1) is 5.69 Å². The molecule has 0 amide bonds. The Morgan fingerprint density at radius 3 is 2.95 bits per heavy atom. The van der Waals surface area contributed by atoms with Gasteiger partial charge in [0.25, 0.3) is 0 Å². The highest BCUT2D eigenvalue weighted by molar-refractivity contribution is 5.38. The minimum atomic E-state index is 0.802. The van der Waals surface area contributed by atoms with Gasteiger partial charge in [-0.15, -0.1) is 5.10 Å². The van der Waals surface area contributed by atoms with Crippen molar-refractivity contribution in [2.75, 3.05) is 6.54 Å². The quantitative estimate of drug-likeness (QED) is 0.883. The maximum atomic E-state index is 4.57. The molecule has 2 aromatic rings. The molecule has 19 heavy (non-hydrogen) atoms. The number of nitrogens with zero attached hydrogens (tertiary/aromatic N) is 5. The maximum Gasteiger partial charge on any atom is 0.163 e. The smallest absolute Gasteiger partial charge is 0.163 e. The van der Waals surface area contributed by atoms with Crippen molar-refractivity contribution in [2.45, 2.75) is 39.7 Å². The molecule has 100 valence electrons. The molecule has 0 spiro atoms. The van der Waals surface area contributed by atoms with Crippen molar-refractivity contribution in [1.29, 1.82) is 0 Å². The van der Waals surface area contributed by atoms with Crippen LogP contribution in [0.1, 0.15) is 36.8 Å². The molecule has 0 saturated carbocycles. The topological polar surface area (TPSA) is 68.5 Å². The second-order valence-corrected chi connectivity index (χ2v) is 4.61. The van der Waals surface area contributed by atoms with Gasteiger partial charge in [-0.1, -0.05) is 13.8 Å². The fourth-order valence-electron chi connectivity index (χ4n) is 2.38. The van der Waals surface area contributed by atoms with Crippen molar-refractivity contribution >= 4 is 0 Å². The average Bonchev–Trinajstić information content (AvgIpc) is 2.90. The predicted octanol–water partition coefficient (Wildman–Crippen LogP) is 0.828. The summed E-state index contributed by atoms with van der Waals surface area (Å²) in [6, 6.07) is 0. The van der Waals surface area contributed by atoms with E-state index in [1.807, 2.05) is 4.68 Å². The van der Waals surface area contributed by atoms with Gasteiger partial charge in [0.15, 0.2) is 11.6 Å². The van der Waals surface area contributed by atoms with Gasteiger partial charge in [-0.3, -0.25) is 0 Å². The lowest BCUT2D eigenvalue weighted by atomic mass is 10.1. The second-order valence-electron chi connectivity index (χ2n) is 4.61. The summed E-state index contributed by atoms with van der Waals surface area (Å²) in [5.41, 5.74) is 2.27. The summed E-state index contributed by atoms with van der Waals surface area (Å²) in [5.74, 6) is 2.71. The molecule has 0 radical (unpaired) electrons. The Kier molecular flexibility index (Phi) is 3.25. The van der Waals surface area contributed by atoms with Gasteiger partial charge in [0, 0.05) is 37.9 Å². The van der Waals surface area contributed by atoms with E-state index in [0.29, 0.717) is 0 Å². The number of hydrogen-bond acceptors (Lipinski definition) is 5. The van der Waals surface area contributed by atoms with Gasteiger partial charge in [0.2, 0.25) is 0 Å². The van der Waals surface area contributed by atoms with E-state index in [-0.39, 0.29) is 0 Å². The molecular weight excluding hydrogens is 240 g/mol. The summed E-state index contributed by atoms with van der Waals surface area (Å²) in [4.78, 5) is 13.3. The van der Waals surface area contributed by atoms with Crippen molar-refractivity contribution in [3.63, 3.8) is 0 Å². The molecule has 6 heteroatoms. The summed E-state index contributed by atoms with van der Waals surface area (Å²) >= 11 is 0. The normalized spacial score (nSPS) is 14.4. The Labute approximate surface area is 112 Å². The molecule has 0 aliphatic carbocycles. The number of rotatable bonds is 3. The summed E-state index contributed by atoms with van der Waals surface area (Å²) in [6.07, 6.45) is 4.26. The van der Waals surface area contributed by atoms with Crippen LogP contribution in [0.25, 0.3) is 5.82 Å². The molecule has 1 N–H and O–H groups in total. The fraction of sp³-hybridized carbons (Fsp3) is 0.538. The van der Waals surface area contributed by atoms with Gasteiger partial charge >= 0.3 is 0 Å². The van der Waals surface area contributed by atoms with Gasteiger partial charge in [-0.05, 0) is 0 Å². The highest BCUT2D eigenvalue weighted by Gasteiger charge is 2.19. The molecular formula is C13H18N6. The molecule has 2 aromatic heterocycles. The predicted molar refractivity (Wildman–Crippen MR) is 71.1 cm³/mol. The molecule has 0 bridgehead atoms. The van der Waals surface area contributed by atoms with E-state index >= 15 is 0 Å². The zero-order valence-corrected chi connectivity index (χ0v) is 11.3. The van der Waals surface area contributed by atoms with Gasteiger partial charge in [0.1, 0.15) is 12.2 Å². The highest BCUT2D eigenvalue weighted by atomic mass is 15.4. The Balaban J connectivity index is 2.13. The van der Waals surface area contributed by atoms with E-state index < -0.39 is 0 Å². The molecule has 0 saturated heterocycles. The molecule has 0 unspecified atom stereocenters.